The first-order valence-corrected chi connectivity index (χ1v) is 10.8. The van der Waals surface area contributed by atoms with Crippen LogP contribution in [0.25, 0.3) is 0 Å². The fourth-order valence-corrected chi connectivity index (χ4v) is 5.51. The Labute approximate surface area is 169 Å². The molecule has 0 N–H and O–H groups in total. The van der Waals surface area contributed by atoms with E-state index < -0.39 is 0 Å². The van der Waals surface area contributed by atoms with Crippen LogP contribution in [-0.2, 0) is 6.54 Å². The Balaban J connectivity index is 1.55. The summed E-state index contributed by atoms with van der Waals surface area (Å²) >= 11 is 1.88. The van der Waals surface area contributed by atoms with Crippen LogP contribution in [0.15, 0.2) is 72.1 Å². The van der Waals surface area contributed by atoms with Gasteiger partial charge in [-0.2, -0.15) is 0 Å². The molecule has 0 unspecified atom stereocenters. The van der Waals surface area contributed by atoms with Gasteiger partial charge in [-0.15, -0.1) is 0 Å². The fraction of sp³-hybridized carbons (Fsp3) is 0.318. The van der Waals surface area contributed by atoms with Crippen molar-refractivity contribution in [3.05, 3.63) is 84.2 Å². The van der Waals surface area contributed by atoms with Crippen LogP contribution in [0.2, 0.25) is 0 Å². The lowest BCUT2D eigenvalue weighted by Gasteiger charge is -2.32. The van der Waals surface area contributed by atoms with Crippen molar-refractivity contribution in [1.82, 2.24) is 19.4 Å². The van der Waals surface area contributed by atoms with Crippen LogP contribution in [-0.4, -0.2) is 36.4 Å². The van der Waals surface area contributed by atoms with Crippen molar-refractivity contribution in [1.29, 1.82) is 0 Å². The van der Waals surface area contributed by atoms with Gasteiger partial charge in [0.05, 0.1) is 24.0 Å². The Morgan fingerprint density at radius 1 is 1.04 bits per heavy atom. The summed E-state index contributed by atoms with van der Waals surface area (Å²) in [7, 11) is 0. The molecule has 1 saturated heterocycles. The number of hydrogen-bond acceptors (Lipinski definition) is 5. The summed E-state index contributed by atoms with van der Waals surface area (Å²) in [6.45, 7) is 3.04. The largest absolute Gasteiger partial charge is 0.344 e. The molecule has 0 saturated carbocycles. The zero-order chi connectivity index (χ0) is 18.9. The summed E-state index contributed by atoms with van der Waals surface area (Å²) in [5, 5.41) is 1.16. The highest BCUT2D eigenvalue weighted by atomic mass is 32.2. The van der Waals surface area contributed by atoms with Gasteiger partial charge in [0.1, 0.15) is 6.04 Å². The van der Waals surface area contributed by atoms with Gasteiger partial charge in [0.15, 0.2) is 5.17 Å². The second-order valence-corrected chi connectivity index (χ2v) is 8.21. The van der Waals surface area contributed by atoms with Crippen molar-refractivity contribution < 1.29 is 0 Å². The molecule has 5 nitrogen and oxygen atoms in total. The molecule has 0 amide bonds. The Morgan fingerprint density at radius 3 is 2.64 bits per heavy atom. The quantitative estimate of drug-likeness (QED) is 0.652. The molecule has 28 heavy (non-hydrogen) atoms. The molecule has 3 aromatic heterocycles. The molecule has 5 rings (SSSR count). The topological polar surface area (TPSA) is 46.3 Å². The summed E-state index contributed by atoms with van der Waals surface area (Å²) < 4.78 is 2.32. The van der Waals surface area contributed by atoms with Gasteiger partial charge in [-0.25, -0.2) is 0 Å². The number of fused-ring (bicyclic) bond motifs is 1. The zero-order valence-corrected chi connectivity index (χ0v) is 16.7. The van der Waals surface area contributed by atoms with Crippen LogP contribution in [0.1, 0.15) is 42.5 Å². The van der Waals surface area contributed by atoms with Gasteiger partial charge in [0, 0.05) is 36.1 Å². The van der Waals surface area contributed by atoms with E-state index in [2.05, 4.69) is 62.9 Å². The standard InChI is InChI=1S/C22H23N5S/c1-2-17-15-28-22-25-20(18-9-4-6-12-24-18)21(27(17)22)19-10-7-13-26(19)14-16-8-3-5-11-23-16/h3-13,17,20-21H,2,14-15H2,1H3/t17-,20-,21+/m1/s1. The molecule has 5 heterocycles. The van der Waals surface area contributed by atoms with Gasteiger partial charge in [0.2, 0.25) is 0 Å². The zero-order valence-electron chi connectivity index (χ0n) is 15.8. The molecule has 0 aromatic carbocycles. The first kappa shape index (κ1) is 17.5. The summed E-state index contributed by atoms with van der Waals surface area (Å²) in [5.41, 5.74) is 3.38. The van der Waals surface area contributed by atoms with Crippen molar-refractivity contribution >= 4 is 16.9 Å². The van der Waals surface area contributed by atoms with Gasteiger partial charge in [-0.1, -0.05) is 30.8 Å². The molecular weight excluding hydrogens is 366 g/mol. The second-order valence-electron chi connectivity index (χ2n) is 7.22. The summed E-state index contributed by atoms with van der Waals surface area (Å²) in [6.07, 6.45) is 7.00. The van der Waals surface area contributed by atoms with Crippen molar-refractivity contribution in [2.24, 2.45) is 4.99 Å². The molecule has 0 spiro atoms. The number of nitrogens with zero attached hydrogens (tertiary/aromatic N) is 5. The van der Waals surface area contributed by atoms with E-state index in [1.807, 2.05) is 42.4 Å². The number of rotatable bonds is 5. The molecule has 2 aliphatic heterocycles. The Bertz CT molecular complexity index is 969. The van der Waals surface area contributed by atoms with Crippen molar-refractivity contribution in [3.63, 3.8) is 0 Å². The predicted molar refractivity (Wildman–Crippen MR) is 113 cm³/mol. The van der Waals surface area contributed by atoms with E-state index in [1.54, 1.807) is 0 Å². The first-order chi connectivity index (χ1) is 13.8. The molecule has 2 aliphatic rings. The Morgan fingerprint density at radius 2 is 1.89 bits per heavy atom. The highest BCUT2D eigenvalue weighted by molar-refractivity contribution is 8.14. The monoisotopic (exact) mass is 389 g/mol. The maximum absolute atomic E-state index is 5.12. The van der Waals surface area contributed by atoms with E-state index in [4.69, 9.17) is 4.99 Å². The number of amidine groups is 1. The van der Waals surface area contributed by atoms with Crippen LogP contribution in [0, 0.1) is 0 Å². The smallest absolute Gasteiger partial charge is 0.160 e. The van der Waals surface area contributed by atoms with Gasteiger partial charge in [-0.05, 0) is 42.8 Å². The van der Waals surface area contributed by atoms with Gasteiger partial charge >= 0.3 is 0 Å². The van der Waals surface area contributed by atoms with E-state index in [-0.39, 0.29) is 12.1 Å². The minimum absolute atomic E-state index is 0.0235. The molecule has 3 atom stereocenters. The number of thioether (sulfide) groups is 1. The van der Waals surface area contributed by atoms with E-state index in [1.165, 1.54) is 5.69 Å². The van der Waals surface area contributed by atoms with E-state index in [0.717, 1.165) is 35.3 Å². The Kier molecular flexibility index (Phi) is 4.64. The summed E-state index contributed by atoms with van der Waals surface area (Å²) in [6, 6.07) is 17.3. The lowest BCUT2D eigenvalue weighted by molar-refractivity contribution is 0.246. The molecule has 6 heteroatoms. The number of hydrogen-bond donors (Lipinski definition) is 0. The third-order valence-electron chi connectivity index (χ3n) is 5.56. The fourth-order valence-electron chi connectivity index (χ4n) is 4.18. The van der Waals surface area contributed by atoms with Gasteiger partial charge in [0.25, 0.3) is 0 Å². The lowest BCUT2D eigenvalue weighted by atomic mass is 9.99. The predicted octanol–water partition coefficient (Wildman–Crippen LogP) is 4.31. The average Bonchev–Trinajstić information content (AvgIpc) is 3.44. The van der Waals surface area contributed by atoms with Gasteiger partial charge in [-0.3, -0.25) is 15.0 Å². The third-order valence-corrected chi connectivity index (χ3v) is 6.68. The van der Waals surface area contributed by atoms with Crippen molar-refractivity contribution in [3.8, 4) is 0 Å². The van der Waals surface area contributed by atoms with Crippen LogP contribution < -0.4 is 0 Å². The second kappa shape index (κ2) is 7.43. The molecule has 0 bridgehead atoms. The number of aliphatic imine (C=N–C) groups is 1. The lowest BCUT2D eigenvalue weighted by Crippen LogP contribution is -2.36. The van der Waals surface area contributed by atoms with E-state index in [9.17, 15) is 0 Å². The SMILES string of the molecule is CC[C@@H]1CSC2=N[C@H](c3ccccn3)[C@H](c3cccn3Cc3ccccn3)N21. The first-order valence-electron chi connectivity index (χ1n) is 9.80. The number of aromatic nitrogens is 3. The van der Waals surface area contributed by atoms with E-state index in [0.29, 0.717) is 6.04 Å². The van der Waals surface area contributed by atoms with Crippen molar-refractivity contribution in [2.45, 2.75) is 38.0 Å². The summed E-state index contributed by atoms with van der Waals surface area (Å²) in [5.74, 6) is 1.11. The minimum atomic E-state index is 0.0235. The van der Waals surface area contributed by atoms with Crippen LogP contribution >= 0.6 is 11.8 Å². The van der Waals surface area contributed by atoms with Crippen LogP contribution in [0.4, 0.5) is 0 Å². The van der Waals surface area contributed by atoms with Crippen molar-refractivity contribution in [2.75, 3.05) is 5.75 Å². The molecule has 0 radical (unpaired) electrons. The maximum Gasteiger partial charge on any atom is 0.160 e. The molecule has 142 valence electrons. The van der Waals surface area contributed by atoms with E-state index >= 15 is 0 Å². The number of pyridine rings is 2. The third kappa shape index (κ3) is 3.02. The maximum atomic E-state index is 5.12. The molecule has 3 aromatic rings. The minimum Gasteiger partial charge on any atom is -0.344 e. The molecular formula is C22H23N5S. The average molecular weight is 390 g/mol. The van der Waals surface area contributed by atoms with Crippen LogP contribution in [0.3, 0.4) is 0 Å². The normalized spacial score (nSPS) is 23.7. The van der Waals surface area contributed by atoms with Gasteiger partial charge < -0.3 is 9.47 Å². The molecule has 1 fully saturated rings. The highest BCUT2D eigenvalue weighted by Crippen LogP contribution is 2.48. The summed E-state index contributed by atoms with van der Waals surface area (Å²) in [4.78, 5) is 16.8. The molecule has 0 aliphatic carbocycles. The Hall–Kier alpha value is -2.60. The highest BCUT2D eigenvalue weighted by Gasteiger charge is 2.46. The van der Waals surface area contributed by atoms with Crippen LogP contribution in [0.5, 0.6) is 0 Å².